The van der Waals surface area contributed by atoms with Crippen molar-refractivity contribution in [1.82, 2.24) is 0 Å². The summed E-state index contributed by atoms with van der Waals surface area (Å²) in [6, 6.07) is 14.7. The van der Waals surface area contributed by atoms with Gasteiger partial charge >= 0.3 is 0 Å². The van der Waals surface area contributed by atoms with Crippen LogP contribution in [0.25, 0.3) is 0 Å². The van der Waals surface area contributed by atoms with Crippen LogP contribution in [0.3, 0.4) is 0 Å². The van der Waals surface area contributed by atoms with Crippen LogP contribution in [0.2, 0.25) is 0 Å². The maximum atomic E-state index is 13.0. The fourth-order valence-electron chi connectivity index (χ4n) is 2.16. The predicted octanol–water partition coefficient (Wildman–Crippen LogP) is 3.16. The molecule has 0 unspecified atom stereocenters. The Labute approximate surface area is 125 Å². The molecule has 0 heterocycles. The summed E-state index contributed by atoms with van der Waals surface area (Å²) in [6.45, 7) is 4.06. The molecule has 0 aliphatic rings. The Morgan fingerprint density at radius 1 is 1.14 bits per heavy atom. The average molecular weight is 282 g/mol. The largest absolute Gasteiger partial charge is 0.367 e. The number of benzene rings is 2. The minimum absolute atomic E-state index is 0.214. The Morgan fingerprint density at radius 3 is 2.57 bits per heavy atom. The summed E-state index contributed by atoms with van der Waals surface area (Å²) in [7, 11) is 0. The van der Waals surface area contributed by atoms with E-state index in [9.17, 15) is 4.39 Å². The second kappa shape index (κ2) is 7.47. The topological polar surface area (TPSA) is 29.3 Å². The lowest BCUT2D eigenvalue weighted by Gasteiger charge is -2.23. The van der Waals surface area contributed by atoms with Gasteiger partial charge in [-0.15, -0.1) is 0 Å². The summed E-state index contributed by atoms with van der Waals surface area (Å²) < 4.78 is 13.0. The smallest absolute Gasteiger partial charge is 0.123 e. The van der Waals surface area contributed by atoms with Crippen molar-refractivity contribution in [1.29, 1.82) is 0 Å². The monoisotopic (exact) mass is 282 g/mol. The fourth-order valence-corrected chi connectivity index (χ4v) is 2.16. The number of rotatable bonds is 4. The zero-order valence-corrected chi connectivity index (χ0v) is 12.1. The van der Waals surface area contributed by atoms with E-state index in [1.807, 2.05) is 12.1 Å². The van der Waals surface area contributed by atoms with Gasteiger partial charge in [0.05, 0.1) is 6.54 Å². The van der Waals surface area contributed by atoms with Gasteiger partial charge in [0, 0.05) is 24.3 Å². The van der Waals surface area contributed by atoms with E-state index in [1.54, 1.807) is 12.1 Å². The van der Waals surface area contributed by atoms with Crippen molar-refractivity contribution in [2.24, 2.45) is 5.73 Å². The van der Waals surface area contributed by atoms with E-state index in [0.29, 0.717) is 6.54 Å². The maximum absolute atomic E-state index is 13.0. The highest BCUT2D eigenvalue weighted by atomic mass is 19.1. The highest BCUT2D eigenvalue weighted by molar-refractivity contribution is 5.47. The van der Waals surface area contributed by atoms with Crippen LogP contribution in [0.1, 0.15) is 18.1 Å². The Kier molecular flexibility index (Phi) is 5.36. The number of hydrogen-bond acceptors (Lipinski definition) is 2. The second-order valence-electron chi connectivity index (χ2n) is 4.70. The number of nitrogens with zero attached hydrogens (tertiary/aromatic N) is 1. The molecule has 0 bridgehead atoms. The Morgan fingerprint density at radius 2 is 1.90 bits per heavy atom. The van der Waals surface area contributed by atoms with Gasteiger partial charge in [0.25, 0.3) is 0 Å². The average Bonchev–Trinajstić information content (AvgIpc) is 2.52. The molecule has 0 aromatic heterocycles. The van der Waals surface area contributed by atoms with Crippen molar-refractivity contribution in [3.8, 4) is 11.8 Å². The lowest BCUT2D eigenvalue weighted by atomic mass is 10.1. The van der Waals surface area contributed by atoms with Gasteiger partial charge in [0.15, 0.2) is 0 Å². The van der Waals surface area contributed by atoms with Crippen molar-refractivity contribution in [3.05, 3.63) is 65.5 Å². The molecule has 0 radical (unpaired) electrons. The molecule has 2 rings (SSSR count). The number of nitrogens with two attached hydrogens (primary N) is 1. The van der Waals surface area contributed by atoms with Crippen LogP contribution in [-0.4, -0.2) is 13.1 Å². The van der Waals surface area contributed by atoms with Crippen LogP contribution in [-0.2, 0) is 6.54 Å². The van der Waals surface area contributed by atoms with Crippen molar-refractivity contribution < 1.29 is 4.39 Å². The van der Waals surface area contributed by atoms with Gasteiger partial charge in [-0.2, -0.15) is 0 Å². The van der Waals surface area contributed by atoms with Crippen molar-refractivity contribution in [3.63, 3.8) is 0 Å². The van der Waals surface area contributed by atoms with Gasteiger partial charge in [0.2, 0.25) is 0 Å². The third-order valence-electron chi connectivity index (χ3n) is 3.21. The number of hydrogen-bond donors (Lipinski definition) is 1. The number of anilines is 1. The van der Waals surface area contributed by atoms with Gasteiger partial charge in [-0.25, -0.2) is 4.39 Å². The zero-order chi connectivity index (χ0) is 15.1. The molecule has 2 aromatic carbocycles. The molecule has 3 heteroatoms. The molecule has 21 heavy (non-hydrogen) atoms. The first-order valence-corrected chi connectivity index (χ1v) is 7.01. The minimum atomic E-state index is -0.214. The molecule has 0 aliphatic heterocycles. The molecule has 0 spiro atoms. The van der Waals surface area contributed by atoms with Gasteiger partial charge in [0.1, 0.15) is 5.82 Å². The minimum Gasteiger partial charge on any atom is -0.367 e. The molecular formula is C18H19FN2. The Balaban J connectivity index is 2.16. The van der Waals surface area contributed by atoms with Crippen LogP contribution in [0.5, 0.6) is 0 Å². The molecule has 108 valence electrons. The lowest BCUT2D eigenvalue weighted by Crippen LogP contribution is -2.21. The first-order valence-electron chi connectivity index (χ1n) is 7.01. The van der Waals surface area contributed by atoms with Gasteiger partial charge in [-0.3, -0.25) is 0 Å². The third-order valence-corrected chi connectivity index (χ3v) is 3.21. The van der Waals surface area contributed by atoms with Gasteiger partial charge in [-0.05, 0) is 48.9 Å². The summed E-state index contributed by atoms with van der Waals surface area (Å²) in [6.07, 6.45) is 0. The molecule has 0 saturated heterocycles. The van der Waals surface area contributed by atoms with Crippen molar-refractivity contribution >= 4 is 5.69 Å². The van der Waals surface area contributed by atoms with Crippen molar-refractivity contribution in [2.75, 3.05) is 18.0 Å². The van der Waals surface area contributed by atoms with E-state index in [-0.39, 0.29) is 5.82 Å². The molecule has 2 N–H and O–H groups in total. The Bertz CT molecular complexity index is 638. The van der Waals surface area contributed by atoms with E-state index < -0.39 is 0 Å². The lowest BCUT2D eigenvalue weighted by molar-refractivity contribution is 0.627. The molecule has 2 nitrogen and oxygen atoms in total. The first-order chi connectivity index (χ1) is 10.2. The first kappa shape index (κ1) is 15.1. The second-order valence-corrected chi connectivity index (χ2v) is 4.70. The van der Waals surface area contributed by atoms with E-state index in [2.05, 4.69) is 35.8 Å². The maximum Gasteiger partial charge on any atom is 0.123 e. The highest BCUT2D eigenvalue weighted by Gasteiger charge is 2.05. The van der Waals surface area contributed by atoms with E-state index in [0.717, 1.165) is 24.3 Å². The highest BCUT2D eigenvalue weighted by Crippen LogP contribution is 2.18. The SMILES string of the molecule is CCN(Cc1cccc(C#CCN)c1)c1ccc(F)cc1. The van der Waals surface area contributed by atoms with Crippen LogP contribution in [0, 0.1) is 17.7 Å². The molecule has 0 fully saturated rings. The Hall–Kier alpha value is -2.31. The van der Waals surface area contributed by atoms with Crippen LogP contribution < -0.4 is 10.6 Å². The standard InChI is InChI=1S/C18H19FN2/c1-2-21(18-10-8-17(19)9-11-18)14-16-6-3-5-15(13-16)7-4-12-20/h3,5-6,8-11,13H,2,12,14,20H2,1H3. The molecule has 0 amide bonds. The summed E-state index contributed by atoms with van der Waals surface area (Å²) in [5.74, 6) is 5.69. The van der Waals surface area contributed by atoms with E-state index >= 15 is 0 Å². The molecule has 0 saturated carbocycles. The van der Waals surface area contributed by atoms with Crippen LogP contribution in [0.4, 0.5) is 10.1 Å². The predicted molar refractivity (Wildman–Crippen MR) is 85.5 cm³/mol. The molecular weight excluding hydrogens is 263 g/mol. The van der Waals surface area contributed by atoms with Gasteiger partial charge < -0.3 is 10.6 Å². The normalized spacial score (nSPS) is 9.86. The summed E-state index contributed by atoms with van der Waals surface area (Å²) in [5.41, 5.74) is 8.54. The third kappa shape index (κ3) is 4.34. The zero-order valence-electron chi connectivity index (χ0n) is 12.1. The quantitative estimate of drug-likeness (QED) is 0.873. The molecule has 0 aliphatic carbocycles. The fraction of sp³-hybridized carbons (Fsp3) is 0.222. The number of halogens is 1. The van der Waals surface area contributed by atoms with Crippen molar-refractivity contribution in [2.45, 2.75) is 13.5 Å². The summed E-state index contributed by atoms with van der Waals surface area (Å²) in [5, 5.41) is 0. The molecule has 2 aromatic rings. The summed E-state index contributed by atoms with van der Waals surface area (Å²) >= 11 is 0. The summed E-state index contributed by atoms with van der Waals surface area (Å²) in [4.78, 5) is 2.19. The van der Waals surface area contributed by atoms with Crippen LogP contribution >= 0.6 is 0 Å². The van der Waals surface area contributed by atoms with Gasteiger partial charge in [-0.1, -0.05) is 24.0 Å². The van der Waals surface area contributed by atoms with E-state index in [1.165, 1.54) is 17.7 Å². The molecule has 0 atom stereocenters. The van der Waals surface area contributed by atoms with Crippen LogP contribution in [0.15, 0.2) is 48.5 Å². The van der Waals surface area contributed by atoms with E-state index in [4.69, 9.17) is 5.73 Å².